The van der Waals surface area contributed by atoms with Crippen molar-refractivity contribution < 1.29 is 4.79 Å². The number of carbonyl (C=O) groups is 1. The number of aromatic amines is 1. The Bertz CT molecular complexity index is 1150. The third kappa shape index (κ3) is 4.32. The van der Waals surface area contributed by atoms with Crippen LogP contribution in [-0.4, -0.2) is 74.1 Å². The minimum absolute atomic E-state index is 0.145. The fraction of sp³-hybridized carbons (Fsp3) is 0.480. The Labute approximate surface area is 203 Å². The number of rotatable bonds is 3. The van der Waals surface area contributed by atoms with Crippen molar-refractivity contribution in [2.24, 2.45) is 0 Å². The molecule has 2 aliphatic rings. The van der Waals surface area contributed by atoms with Gasteiger partial charge in [0, 0.05) is 55.8 Å². The summed E-state index contributed by atoms with van der Waals surface area (Å²) in [4.78, 5) is 25.5. The van der Waals surface area contributed by atoms with Crippen LogP contribution in [0.4, 0.5) is 0 Å². The second kappa shape index (κ2) is 8.81. The van der Waals surface area contributed by atoms with E-state index in [1.807, 2.05) is 29.3 Å². The molecule has 1 saturated heterocycles. The smallest absolute Gasteiger partial charge is 0.244 e. The minimum atomic E-state index is -0.265. The van der Waals surface area contributed by atoms with E-state index in [0.29, 0.717) is 13.1 Å². The quantitative estimate of drug-likeness (QED) is 0.543. The SMILES string of the molecule is CC(C)(C)N1CCN(C(C(=O)N2CCc3c(c(Br)nc4[nH]ncc34)C2)c2ccccc2)CC1. The third-order valence-corrected chi connectivity index (χ3v) is 7.69. The third-order valence-electron chi connectivity index (χ3n) is 7.04. The summed E-state index contributed by atoms with van der Waals surface area (Å²) in [5.41, 5.74) is 4.33. The van der Waals surface area contributed by atoms with E-state index in [4.69, 9.17) is 0 Å². The van der Waals surface area contributed by atoms with Gasteiger partial charge in [0.05, 0.1) is 6.20 Å². The maximum Gasteiger partial charge on any atom is 0.244 e. The van der Waals surface area contributed by atoms with Gasteiger partial charge in [-0.1, -0.05) is 30.3 Å². The number of pyridine rings is 1. The number of carbonyl (C=O) groups excluding carboxylic acids is 1. The maximum absolute atomic E-state index is 14.0. The number of hydrogen-bond donors (Lipinski definition) is 1. The van der Waals surface area contributed by atoms with E-state index in [-0.39, 0.29) is 17.5 Å². The lowest BCUT2D eigenvalue weighted by molar-refractivity contribution is -0.139. The van der Waals surface area contributed by atoms with Gasteiger partial charge in [-0.2, -0.15) is 5.10 Å². The van der Waals surface area contributed by atoms with Crippen LogP contribution in [0.25, 0.3) is 11.0 Å². The first-order valence-electron chi connectivity index (χ1n) is 11.7. The van der Waals surface area contributed by atoms with Gasteiger partial charge in [0.2, 0.25) is 5.91 Å². The van der Waals surface area contributed by atoms with Gasteiger partial charge >= 0.3 is 0 Å². The molecule has 2 aromatic heterocycles. The van der Waals surface area contributed by atoms with E-state index in [1.165, 1.54) is 5.56 Å². The lowest BCUT2D eigenvalue weighted by Gasteiger charge is -2.45. The van der Waals surface area contributed by atoms with Crippen LogP contribution in [0, 0.1) is 0 Å². The molecule has 2 aliphatic heterocycles. The predicted molar refractivity (Wildman–Crippen MR) is 133 cm³/mol. The highest BCUT2D eigenvalue weighted by Gasteiger charge is 2.36. The van der Waals surface area contributed by atoms with Crippen LogP contribution < -0.4 is 0 Å². The largest absolute Gasteiger partial charge is 0.336 e. The zero-order valence-corrected chi connectivity index (χ0v) is 21.1. The highest BCUT2D eigenvalue weighted by atomic mass is 79.9. The van der Waals surface area contributed by atoms with Crippen LogP contribution in [0.1, 0.15) is 43.5 Å². The van der Waals surface area contributed by atoms with Crippen LogP contribution in [0.2, 0.25) is 0 Å². The van der Waals surface area contributed by atoms with Crippen LogP contribution >= 0.6 is 15.9 Å². The molecule has 1 unspecified atom stereocenters. The summed E-state index contributed by atoms with van der Waals surface area (Å²) in [5.74, 6) is 0.176. The number of nitrogens with one attached hydrogen (secondary N) is 1. The molecule has 1 amide bonds. The molecule has 1 N–H and O–H groups in total. The van der Waals surface area contributed by atoms with Gasteiger partial charge in [0.15, 0.2) is 5.65 Å². The molecule has 0 bridgehead atoms. The van der Waals surface area contributed by atoms with Crippen LogP contribution in [0.15, 0.2) is 41.1 Å². The Morgan fingerprint density at radius 1 is 1.06 bits per heavy atom. The van der Waals surface area contributed by atoms with E-state index in [0.717, 1.165) is 59.4 Å². The first kappa shape index (κ1) is 22.5. The van der Waals surface area contributed by atoms with E-state index in [2.05, 4.69) is 73.8 Å². The van der Waals surface area contributed by atoms with Gasteiger partial charge in [-0.25, -0.2) is 4.98 Å². The molecule has 3 aromatic rings. The number of amides is 1. The van der Waals surface area contributed by atoms with Crippen LogP contribution in [0.3, 0.4) is 0 Å². The highest BCUT2D eigenvalue weighted by Crippen LogP contribution is 2.33. The normalized spacial score (nSPS) is 19.0. The first-order chi connectivity index (χ1) is 15.8. The average Bonchev–Trinajstić information content (AvgIpc) is 3.28. The van der Waals surface area contributed by atoms with Crippen molar-refractivity contribution in [1.29, 1.82) is 0 Å². The molecule has 7 nitrogen and oxygen atoms in total. The summed E-state index contributed by atoms with van der Waals surface area (Å²) in [5, 5.41) is 8.17. The number of halogens is 1. The molecular formula is C25H31BrN6O. The molecule has 1 aromatic carbocycles. The topological polar surface area (TPSA) is 68.4 Å². The van der Waals surface area contributed by atoms with Gasteiger partial charge in [-0.05, 0) is 54.2 Å². The van der Waals surface area contributed by atoms with E-state index < -0.39 is 0 Å². The first-order valence-corrected chi connectivity index (χ1v) is 12.5. The Hall–Kier alpha value is -2.29. The Balaban J connectivity index is 1.42. The number of aromatic nitrogens is 3. The van der Waals surface area contributed by atoms with Crippen molar-refractivity contribution in [2.45, 2.75) is 45.3 Å². The Kier molecular flexibility index (Phi) is 6.01. The Morgan fingerprint density at radius 3 is 2.48 bits per heavy atom. The molecule has 0 aliphatic carbocycles. The molecule has 1 atom stereocenters. The van der Waals surface area contributed by atoms with E-state index in [1.54, 1.807) is 0 Å². The van der Waals surface area contributed by atoms with Gasteiger partial charge in [-0.3, -0.25) is 19.7 Å². The standard InChI is InChI=1S/C25H31BrN6O/c1-25(2,3)32-13-11-30(12-14-32)21(17-7-5-4-6-8-17)24(33)31-10-9-18-19-15-27-29-23(19)28-22(26)20(18)16-31/h4-8,15,21H,9-14,16H2,1-3H3,(H,27,28,29). The van der Waals surface area contributed by atoms with Crippen LogP contribution in [0.5, 0.6) is 0 Å². The number of benzene rings is 1. The van der Waals surface area contributed by atoms with Crippen molar-refractivity contribution >= 4 is 32.9 Å². The molecule has 0 saturated carbocycles. The fourth-order valence-electron chi connectivity index (χ4n) is 5.16. The minimum Gasteiger partial charge on any atom is -0.336 e. The molecule has 0 radical (unpaired) electrons. The molecule has 174 valence electrons. The lowest BCUT2D eigenvalue weighted by atomic mass is 9.96. The van der Waals surface area contributed by atoms with Crippen LogP contribution in [-0.2, 0) is 17.8 Å². The molecular weight excluding hydrogens is 480 g/mol. The highest BCUT2D eigenvalue weighted by molar-refractivity contribution is 9.10. The van der Waals surface area contributed by atoms with Crippen molar-refractivity contribution in [1.82, 2.24) is 29.9 Å². The fourth-order valence-corrected chi connectivity index (χ4v) is 5.70. The number of nitrogens with zero attached hydrogens (tertiary/aromatic N) is 5. The van der Waals surface area contributed by atoms with Crippen molar-refractivity contribution in [3.05, 3.63) is 57.8 Å². The number of fused-ring (bicyclic) bond motifs is 3. The monoisotopic (exact) mass is 510 g/mol. The molecule has 5 rings (SSSR count). The predicted octanol–water partition coefficient (Wildman–Crippen LogP) is 3.76. The second-order valence-corrected chi connectivity index (χ2v) is 10.8. The van der Waals surface area contributed by atoms with Crippen molar-refractivity contribution in [3.63, 3.8) is 0 Å². The molecule has 33 heavy (non-hydrogen) atoms. The molecule has 1 fully saturated rings. The zero-order chi connectivity index (χ0) is 23.2. The summed E-state index contributed by atoms with van der Waals surface area (Å²) >= 11 is 3.64. The second-order valence-electron chi connectivity index (χ2n) is 10.0. The number of piperazine rings is 1. The summed E-state index contributed by atoms with van der Waals surface area (Å²) in [7, 11) is 0. The number of hydrogen-bond acceptors (Lipinski definition) is 5. The van der Waals surface area contributed by atoms with Crippen molar-refractivity contribution in [2.75, 3.05) is 32.7 Å². The summed E-state index contributed by atoms with van der Waals surface area (Å²) in [6, 6.07) is 9.98. The molecule has 8 heteroatoms. The zero-order valence-electron chi connectivity index (χ0n) is 19.5. The van der Waals surface area contributed by atoms with Gasteiger partial charge in [-0.15, -0.1) is 0 Å². The number of H-pyrrole nitrogens is 1. The Morgan fingerprint density at radius 2 is 1.79 bits per heavy atom. The maximum atomic E-state index is 14.0. The molecule has 0 spiro atoms. The average molecular weight is 511 g/mol. The van der Waals surface area contributed by atoms with Gasteiger partial charge < -0.3 is 4.90 Å². The lowest BCUT2D eigenvalue weighted by Crippen LogP contribution is -2.56. The van der Waals surface area contributed by atoms with Gasteiger partial charge in [0.25, 0.3) is 0 Å². The van der Waals surface area contributed by atoms with Gasteiger partial charge in [0.1, 0.15) is 10.6 Å². The summed E-state index contributed by atoms with van der Waals surface area (Å²) < 4.78 is 0.793. The molecule has 4 heterocycles. The summed E-state index contributed by atoms with van der Waals surface area (Å²) in [6.07, 6.45) is 2.64. The van der Waals surface area contributed by atoms with E-state index >= 15 is 0 Å². The van der Waals surface area contributed by atoms with E-state index in [9.17, 15) is 4.79 Å². The summed E-state index contributed by atoms with van der Waals surface area (Å²) in [6.45, 7) is 11.8. The van der Waals surface area contributed by atoms with Crippen molar-refractivity contribution in [3.8, 4) is 0 Å².